The van der Waals surface area contributed by atoms with Gasteiger partial charge in [0.15, 0.2) is 23.6 Å². The smallest absolute Gasteiger partial charge is 0.276 e. The number of amides is 1. The van der Waals surface area contributed by atoms with Crippen molar-refractivity contribution in [2.75, 3.05) is 179 Å². The first-order chi connectivity index (χ1) is 22.8. The van der Waals surface area contributed by atoms with Crippen LogP contribution in [0.25, 0.3) is 0 Å². The fourth-order valence-corrected chi connectivity index (χ4v) is 4.03. The van der Waals surface area contributed by atoms with Gasteiger partial charge in [-0.05, 0) is 7.05 Å². The van der Waals surface area contributed by atoms with E-state index in [2.05, 4.69) is 16.9 Å². The summed E-state index contributed by atoms with van der Waals surface area (Å²) >= 11 is 0. The van der Waals surface area contributed by atoms with Crippen molar-refractivity contribution in [3.8, 4) is 0 Å². The van der Waals surface area contributed by atoms with E-state index in [0.717, 1.165) is 26.3 Å². The molecule has 1 rings (SSSR count). The van der Waals surface area contributed by atoms with Gasteiger partial charge in [0.2, 0.25) is 0 Å². The van der Waals surface area contributed by atoms with E-state index < -0.39 is 0 Å². The van der Waals surface area contributed by atoms with Gasteiger partial charge in [-0.2, -0.15) is 0 Å². The summed E-state index contributed by atoms with van der Waals surface area (Å²) in [5.74, 6) is 0.213. The maximum Gasteiger partial charge on any atom is 0.276 e. The predicted molar refractivity (Wildman–Crippen MR) is 180 cm³/mol. The summed E-state index contributed by atoms with van der Waals surface area (Å²) in [6, 6.07) is 0. The summed E-state index contributed by atoms with van der Waals surface area (Å²) in [4.78, 5) is 42.9. The van der Waals surface area contributed by atoms with Crippen LogP contribution < -0.4 is 9.80 Å². The van der Waals surface area contributed by atoms with Gasteiger partial charge in [0.1, 0.15) is 5.69 Å². The van der Waals surface area contributed by atoms with Gasteiger partial charge in [0.05, 0.1) is 52.9 Å². The molecule has 16 heteroatoms. The average molecular weight is 677 g/mol. The lowest BCUT2D eigenvalue weighted by Crippen LogP contribution is -2.40. The Kier molecular flexibility index (Phi) is 28.0. The molecule has 0 radical (unpaired) electrons. The van der Waals surface area contributed by atoms with Gasteiger partial charge in [0, 0.05) is 109 Å². The van der Waals surface area contributed by atoms with E-state index in [1.807, 2.05) is 9.80 Å². The molecule has 1 aromatic heterocycles. The van der Waals surface area contributed by atoms with Crippen molar-refractivity contribution < 1.29 is 47.5 Å². The number of methoxy groups -OCH3 is 8. The molecule has 0 saturated carbocycles. The van der Waals surface area contributed by atoms with Crippen LogP contribution in [-0.2, 0) is 37.9 Å². The lowest BCUT2D eigenvalue weighted by Gasteiger charge is -2.30. The minimum atomic E-state index is -0.353. The third-order valence-corrected chi connectivity index (χ3v) is 6.83. The zero-order valence-electron chi connectivity index (χ0n) is 30.2. The van der Waals surface area contributed by atoms with Crippen LogP contribution in [0, 0.1) is 0 Å². The van der Waals surface area contributed by atoms with Crippen LogP contribution >= 0.6 is 0 Å². The summed E-state index contributed by atoms with van der Waals surface area (Å²) in [5, 5.41) is 0. The third kappa shape index (κ3) is 18.6. The lowest BCUT2D eigenvalue weighted by atomic mass is 10.2. The number of nitrogens with zero attached hydrogens (tertiary/aromatic N) is 6. The number of hydrogen-bond donors (Lipinski definition) is 0. The Hall–Kier alpha value is -2.54. The highest BCUT2D eigenvalue weighted by molar-refractivity contribution is 5.98. The summed E-state index contributed by atoms with van der Waals surface area (Å²) in [6.07, 6.45) is 0.644. The molecular formula is C31H60N6O10. The highest BCUT2D eigenvalue weighted by Crippen LogP contribution is 2.25. The molecule has 0 unspecified atom stereocenters. The molecule has 0 bridgehead atoms. The standard InChI is InChI=1S/C24H43N5O8.C7H17NO2/c1-32-13-7-27(8-14-33-2)22-20(19-30)25-23(28(9-15-34-3)10-16-35-4)21(26-22)24(31)29(11-17-36-5)12-18-37-6;1-8(4-6-9-2)5-7-10-3/h19H,7-18H2,1-6H3;4-7H2,1-3H3. The maximum atomic E-state index is 13.9. The van der Waals surface area contributed by atoms with Crippen molar-refractivity contribution in [1.82, 2.24) is 19.8 Å². The Morgan fingerprint density at radius 3 is 1.23 bits per heavy atom. The Balaban J connectivity index is 0.00000181. The number of rotatable bonds is 28. The van der Waals surface area contributed by atoms with E-state index in [1.54, 1.807) is 61.8 Å². The van der Waals surface area contributed by atoms with Crippen molar-refractivity contribution >= 4 is 23.8 Å². The highest BCUT2D eigenvalue weighted by Gasteiger charge is 2.28. The molecule has 274 valence electrons. The number of anilines is 2. The van der Waals surface area contributed by atoms with E-state index in [-0.39, 0.29) is 28.9 Å². The third-order valence-electron chi connectivity index (χ3n) is 6.83. The fraction of sp³-hybridized carbons (Fsp3) is 0.806. The van der Waals surface area contributed by atoms with E-state index >= 15 is 0 Å². The number of hydrogen-bond acceptors (Lipinski definition) is 15. The zero-order chi connectivity index (χ0) is 35.3. The van der Waals surface area contributed by atoms with Crippen molar-refractivity contribution in [3.05, 3.63) is 11.4 Å². The lowest BCUT2D eigenvalue weighted by molar-refractivity contribution is 0.0621. The Morgan fingerprint density at radius 2 is 0.872 bits per heavy atom. The SMILES string of the molecule is COCCN(C)CCOC.COCCN(CCOC)C(=O)c1nc(N(CCOC)CCOC)c(C=O)nc1N(CCOC)CCOC. The van der Waals surface area contributed by atoms with Crippen LogP contribution in [-0.4, -0.2) is 201 Å². The summed E-state index contributed by atoms with van der Waals surface area (Å²) < 4.78 is 41.3. The van der Waals surface area contributed by atoms with Gasteiger partial charge >= 0.3 is 0 Å². The minimum absolute atomic E-state index is 0.110. The van der Waals surface area contributed by atoms with Gasteiger partial charge < -0.3 is 57.5 Å². The molecule has 0 fully saturated rings. The van der Waals surface area contributed by atoms with Crippen LogP contribution in [0.5, 0.6) is 0 Å². The number of carbonyl (C=O) groups excluding carboxylic acids is 2. The molecule has 0 saturated heterocycles. The van der Waals surface area contributed by atoms with E-state index in [0.29, 0.717) is 85.2 Å². The molecule has 0 aliphatic carbocycles. The maximum absolute atomic E-state index is 13.9. The molecule has 1 amide bonds. The van der Waals surface area contributed by atoms with Crippen LogP contribution in [0.3, 0.4) is 0 Å². The number of likely N-dealkylation sites (N-methyl/N-ethyl adjacent to an activating group) is 1. The van der Waals surface area contributed by atoms with E-state index in [1.165, 1.54) is 0 Å². The number of carbonyl (C=O) groups is 2. The molecule has 16 nitrogen and oxygen atoms in total. The van der Waals surface area contributed by atoms with Gasteiger partial charge in [-0.1, -0.05) is 0 Å². The van der Waals surface area contributed by atoms with Crippen molar-refractivity contribution in [1.29, 1.82) is 0 Å². The number of aromatic nitrogens is 2. The van der Waals surface area contributed by atoms with E-state index in [4.69, 9.17) is 42.9 Å². The molecule has 0 spiro atoms. The Morgan fingerprint density at radius 1 is 0.532 bits per heavy atom. The van der Waals surface area contributed by atoms with Gasteiger partial charge in [0.25, 0.3) is 5.91 Å². The quantitative estimate of drug-likeness (QED) is 0.113. The predicted octanol–water partition coefficient (Wildman–Crippen LogP) is 0.434. The number of ether oxygens (including phenoxy) is 8. The molecule has 0 aromatic carbocycles. The van der Waals surface area contributed by atoms with E-state index in [9.17, 15) is 9.59 Å². The molecule has 0 atom stereocenters. The van der Waals surface area contributed by atoms with Crippen molar-refractivity contribution in [2.24, 2.45) is 0 Å². The van der Waals surface area contributed by atoms with Gasteiger partial charge in [-0.15, -0.1) is 0 Å². The number of aldehydes is 1. The van der Waals surface area contributed by atoms with Crippen LogP contribution in [0.15, 0.2) is 0 Å². The second-order valence-electron chi connectivity index (χ2n) is 10.2. The summed E-state index contributed by atoms with van der Waals surface area (Å²) in [7, 11) is 15.0. The van der Waals surface area contributed by atoms with Gasteiger partial charge in [-0.3, -0.25) is 9.59 Å². The largest absolute Gasteiger partial charge is 0.383 e. The molecule has 0 N–H and O–H groups in total. The molecule has 1 aromatic rings. The van der Waals surface area contributed by atoms with Crippen LogP contribution in [0.2, 0.25) is 0 Å². The molecule has 1 heterocycles. The monoisotopic (exact) mass is 676 g/mol. The first kappa shape index (κ1) is 44.5. The van der Waals surface area contributed by atoms with Gasteiger partial charge in [-0.25, -0.2) is 9.97 Å². The zero-order valence-corrected chi connectivity index (χ0v) is 30.2. The minimum Gasteiger partial charge on any atom is -0.383 e. The van der Waals surface area contributed by atoms with Crippen LogP contribution in [0.1, 0.15) is 21.0 Å². The first-order valence-corrected chi connectivity index (χ1v) is 15.6. The first-order valence-electron chi connectivity index (χ1n) is 15.6. The Bertz CT molecular complexity index is 901. The molecule has 47 heavy (non-hydrogen) atoms. The molecule has 0 aliphatic heterocycles. The topological polar surface area (TPSA) is 147 Å². The molecule has 0 aliphatic rings. The molecular weight excluding hydrogens is 616 g/mol. The fourth-order valence-electron chi connectivity index (χ4n) is 4.03. The normalized spacial score (nSPS) is 10.9. The summed E-state index contributed by atoms with van der Waals surface area (Å²) in [5.41, 5.74) is 0.221. The second-order valence-corrected chi connectivity index (χ2v) is 10.2. The Labute approximate surface area is 281 Å². The van der Waals surface area contributed by atoms with Crippen molar-refractivity contribution in [2.45, 2.75) is 0 Å². The second kappa shape index (κ2) is 29.6. The highest BCUT2D eigenvalue weighted by atomic mass is 16.5. The van der Waals surface area contributed by atoms with Crippen LogP contribution in [0.4, 0.5) is 11.6 Å². The summed E-state index contributed by atoms with van der Waals surface area (Å²) in [6.45, 7) is 8.07. The van der Waals surface area contributed by atoms with Crippen molar-refractivity contribution in [3.63, 3.8) is 0 Å². The average Bonchev–Trinajstić information content (AvgIpc) is 3.09.